The van der Waals surface area contributed by atoms with Gasteiger partial charge in [0.15, 0.2) is 5.78 Å². The molecular weight excluding hydrogens is 224 g/mol. The highest BCUT2D eigenvalue weighted by Gasteiger charge is 2.08. The Morgan fingerprint density at radius 1 is 1.17 bits per heavy atom. The molecule has 1 aromatic heterocycles. The van der Waals surface area contributed by atoms with Crippen molar-refractivity contribution in [2.45, 2.75) is 26.2 Å². The zero-order valence-corrected chi connectivity index (χ0v) is 10.6. The van der Waals surface area contributed by atoms with Gasteiger partial charge in [-0.15, -0.1) is 0 Å². The van der Waals surface area contributed by atoms with Crippen LogP contribution in [-0.4, -0.2) is 16.0 Å². The molecule has 3 heteroatoms. The van der Waals surface area contributed by atoms with Crippen LogP contribution in [0.3, 0.4) is 0 Å². The van der Waals surface area contributed by atoms with Crippen LogP contribution < -0.4 is 0 Å². The lowest BCUT2D eigenvalue weighted by molar-refractivity contribution is 0.0991. The van der Waals surface area contributed by atoms with Crippen LogP contribution in [-0.2, 0) is 6.42 Å². The van der Waals surface area contributed by atoms with E-state index in [1.165, 1.54) is 5.56 Å². The number of carbonyl (C=O) groups excluding carboxylic acids is 1. The number of rotatable bonds is 4. The van der Waals surface area contributed by atoms with Crippen LogP contribution in [0.15, 0.2) is 42.6 Å². The van der Waals surface area contributed by atoms with E-state index in [-0.39, 0.29) is 5.78 Å². The van der Waals surface area contributed by atoms with Crippen LogP contribution in [0.25, 0.3) is 0 Å². The Bertz CT molecular complexity index is 518. The second-order valence-corrected chi connectivity index (χ2v) is 4.59. The summed E-state index contributed by atoms with van der Waals surface area (Å²) in [6.07, 6.45) is 1.90. The summed E-state index contributed by atoms with van der Waals surface area (Å²) in [7, 11) is 0. The zero-order chi connectivity index (χ0) is 13.0. The molecule has 0 saturated carbocycles. The van der Waals surface area contributed by atoms with Gasteiger partial charge < -0.3 is 0 Å². The fraction of sp³-hybridized carbons (Fsp3) is 0.267. The largest absolute Gasteiger partial charge is 0.294 e. The topological polar surface area (TPSA) is 42.9 Å². The quantitative estimate of drug-likeness (QED) is 0.771. The van der Waals surface area contributed by atoms with Gasteiger partial charge in [0.05, 0.1) is 12.1 Å². The highest BCUT2D eigenvalue weighted by molar-refractivity contribution is 5.97. The minimum atomic E-state index is 0.0748. The molecule has 0 saturated heterocycles. The van der Waals surface area contributed by atoms with Crippen molar-refractivity contribution in [3.8, 4) is 0 Å². The third kappa shape index (κ3) is 3.00. The van der Waals surface area contributed by atoms with Crippen LogP contribution in [0, 0.1) is 0 Å². The molecular formula is C15H16N2O. The predicted molar refractivity (Wildman–Crippen MR) is 70.6 cm³/mol. The lowest BCUT2D eigenvalue weighted by atomic mass is 9.99. The van der Waals surface area contributed by atoms with Crippen molar-refractivity contribution < 1.29 is 4.79 Å². The van der Waals surface area contributed by atoms with E-state index in [2.05, 4.69) is 24.0 Å². The van der Waals surface area contributed by atoms with Crippen LogP contribution in [0.4, 0.5) is 0 Å². The standard InChI is InChI=1S/C15H16N2O/c1-11(2)12-5-7-13(8-6-12)15(18)10-14-4-3-9-16-17-14/h3-9,11H,10H2,1-2H3. The second kappa shape index (κ2) is 5.54. The van der Waals surface area contributed by atoms with Crippen molar-refractivity contribution in [1.29, 1.82) is 0 Å². The van der Waals surface area contributed by atoms with E-state index in [0.717, 1.165) is 5.56 Å². The molecule has 3 nitrogen and oxygen atoms in total. The number of carbonyl (C=O) groups is 1. The van der Waals surface area contributed by atoms with Gasteiger partial charge in [-0.2, -0.15) is 10.2 Å². The van der Waals surface area contributed by atoms with Gasteiger partial charge in [-0.1, -0.05) is 38.1 Å². The van der Waals surface area contributed by atoms with Crippen LogP contribution >= 0.6 is 0 Å². The van der Waals surface area contributed by atoms with Crippen molar-refractivity contribution in [3.05, 3.63) is 59.4 Å². The highest BCUT2D eigenvalue weighted by atomic mass is 16.1. The molecule has 18 heavy (non-hydrogen) atoms. The SMILES string of the molecule is CC(C)c1ccc(C(=O)Cc2cccnn2)cc1. The molecule has 0 aliphatic heterocycles. The third-order valence-electron chi connectivity index (χ3n) is 2.87. The lowest BCUT2D eigenvalue weighted by Gasteiger charge is -2.06. The molecule has 0 radical (unpaired) electrons. The molecule has 1 heterocycles. The normalized spacial score (nSPS) is 10.6. The number of benzene rings is 1. The van der Waals surface area contributed by atoms with Crippen molar-refractivity contribution in [1.82, 2.24) is 10.2 Å². The van der Waals surface area contributed by atoms with E-state index in [1.807, 2.05) is 30.3 Å². The maximum atomic E-state index is 12.0. The Labute approximate surface area is 107 Å². The first-order valence-corrected chi connectivity index (χ1v) is 6.06. The smallest absolute Gasteiger partial charge is 0.168 e. The van der Waals surface area contributed by atoms with Gasteiger partial charge in [0.2, 0.25) is 0 Å². The summed E-state index contributed by atoms with van der Waals surface area (Å²) in [5.41, 5.74) is 2.67. The average molecular weight is 240 g/mol. The van der Waals surface area contributed by atoms with Crippen molar-refractivity contribution >= 4 is 5.78 Å². The first-order chi connectivity index (χ1) is 8.66. The summed E-state index contributed by atoms with van der Waals surface area (Å²) in [5, 5.41) is 7.69. The minimum absolute atomic E-state index is 0.0748. The Morgan fingerprint density at radius 2 is 1.89 bits per heavy atom. The summed E-state index contributed by atoms with van der Waals surface area (Å²) in [5.74, 6) is 0.556. The number of ketones is 1. The summed E-state index contributed by atoms with van der Waals surface area (Å²) in [4.78, 5) is 12.0. The second-order valence-electron chi connectivity index (χ2n) is 4.59. The lowest BCUT2D eigenvalue weighted by Crippen LogP contribution is -2.05. The van der Waals surface area contributed by atoms with Gasteiger partial charge in [0.1, 0.15) is 0 Å². The van der Waals surface area contributed by atoms with Gasteiger partial charge in [0, 0.05) is 11.8 Å². The van der Waals surface area contributed by atoms with E-state index in [9.17, 15) is 4.79 Å². The Hall–Kier alpha value is -2.03. The van der Waals surface area contributed by atoms with Crippen LogP contribution in [0.2, 0.25) is 0 Å². The average Bonchev–Trinajstić information content (AvgIpc) is 2.40. The zero-order valence-electron chi connectivity index (χ0n) is 10.6. The molecule has 92 valence electrons. The summed E-state index contributed by atoms with van der Waals surface area (Å²) < 4.78 is 0. The molecule has 2 aromatic rings. The molecule has 2 rings (SSSR count). The first-order valence-electron chi connectivity index (χ1n) is 6.06. The monoisotopic (exact) mass is 240 g/mol. The van der Waals surface area contributed by atoms with Crippen molar-refractivity contribution in [2.75, 3.05) is 0 Å². The molecule has 0 unspecified atom stereocenters. The number of aromatic nitrogens is 2. The highest BCUT2D eigenvalue weighted by Crippen LogP contribution is 2.15. The molecule has 0 atom stereocenters. The Kier molecular flexibility index (Phi) is 3.82. The molecule has 0 amide bonds. The molecule has 0 N–H and O–H groups in total. The molecule has 0 spiro atoms. The fourth-order valence-corrected chi connectivity index (χ4v) is 1.75. The van der Waals surface area contributed by atoms with Gasteiger partial charge >= 0.3 is 0 Å². The van der Waals surface area contributed by atoms with E-state index in [4.69, 9.17) is 0 Å². The van der Waals surface area contributed by atoms with Gasteiger partial charge in [-0.25, -0.2) is 0 Å². The van der Waals surface area contributed by atoms with Gasteiger partial charge in [0.25, 0.3) is 0 Å². The minimum Gasteiger partial charge on any atom is -0.294 e. The predicted octanol–water partition coefficient (Wildman–Crippen LogP) is 3.03. The summed E-state index contributed by atoms with van der Waals surface area (Å²) >= 11 is 0. The van der Waals surface area contributed by atoms with Crippen molar-refractivity contribution in [3.63, 3.8) is 0 Å². The Morgan fingerprint density at radius 3 is 2.44 bits per heavy atom. The van der Waals surface area contributed by atoms with Crippen molar-refractivity contribution in [2.24, 2.45) is 0 Å². The molecule has 0 fully saturated rings. The van der Waals surface area contributed by atoms with E-state index in [0.29, 0.717) is 18.0 Å². The number of hydrogen-bond donors (Lipinski definition) is 0. The molecule has 0 aliphatic rings. The summed E-state index contributed by atoms with van der Waals surface area (Å²) in [6, 6.07) is 11.4. The van der Waals surface area contributed by atoms with Crippen LogP contribution in [0.5, 0.6) is 0 Å². The van der Waals surface area contributed by atoms with E-state index >= 15 is 0 Å². The first kappa shape index (κ1) is 12.4. The maximum Gasteiger partial charge on any atom is 0.168 e. The number of Topliss-reactive ketones (excluding diaryl/α,β-unsaturated/α-hetero) is 1. The van der Waals surface area contributed by atoms with Gasteiger partial charge in [-0.3, -0.25) is 4.79 Å². The fourth-order valence-electron chi connectivity index (χ4n) is 1.75. The van der Waals surface area contributed by atoms with Gasteiger partial charge in [-0.05, 0) is 23.6 Å². The van der Waals surface area contributed by atoms with E-state index < -0.39 is 0 Å². The summed E-state index contributed by atoms with van der Waals surface area (Å²) in [6.45, 7) is 4.27. The molecule has 1 aromatic carbocycles. The van der Waals surface area contributed by atoms with Crippen LogP contribution in [0.1, 0.15) is 41.4 Å². The molecule has 0 aliphatic carbocycles. The van der Waals surface area contributed by atoms with E-state index in [1.54, 1.807) is 12.3 Å². The molecule has 0 bridgehead atoms. The number of hydrogen-bond acceptors (Lipinski definition) is 3. The Balaban J connectivity index is 2.10. The third-order valence-corrected chi connectivity index (χ3v) is 2.87. The maximum absolute atomic E-state index is 12.0. The number of nitrogens with zero attached hydrogens (tertiary/aromatic N) is 2.